The van der Waals surface area contributed by atoms with Gasteiger partial charge in [0.2, 0.25) is 5.82 Å². The summed E-state index contributed by atoms with van der Waals surface area (Å²) in [5, 5.41) is 11.1. The molecule has 0 atom stereocenters. The highest BCUT2D eigenvalue weighted by molar-refractivity contribution is 5.97. The van der Waals surface area contributed by atoms with E-state index in [0.717, 1.165) is 10.8 Å². The number of nitrogens with zero attached hydrogens (tertiary/aromatic N) is 3. The monoisotopic (exact) mass is 289 g/mol. The molecule has 0 bridgehead atoms. The van der Waals surface area contributed by atoms with Crippen LogP contribution >= 0.6 is 0 Å². The van der Waals surface area contributed by atoms with Crippen LogP contribution in [0.2, 0.25) is 0 Å². The van der Waals surface area contributed by atoms with Gasteiger partial charge in [-0.1, -0.05) is 13.8 Å². The fourth-order valence-corrected chi connectivity index (χ4v) is 1.96. The molecule has 0 amide bonds. The van der Waals surface area contributed by atoms with Gasteiger partial charge in [0.25, 0.3) is 0 Å². The van der Waals surface area contributed by atoms with Crippen molar-refractivity contribution >= 4 is 11.7 Å². The van der Waals surface area contributed by atoms with Gasteiger partial charge >= 0.3 is 11.7 Å². The number of nitro groups is 1. The van der Waals surface area contributed by atoms with Crippen LogP contribution in [0, 0.1) is 10.1 Å². The zero-order chi connectivity index (χ0) is 15.6. The quantitative estimate of drug-likeness (QED) is 0.637. The molecule has 1 aromatic heterocycles. The molecule has 2 aromatic rings. The highest BCUT2D eigenvalue weighted by atomic mass is 16.6. The van der Waals surface area contributed by atoms with E-state index in [-0.39, 0.29) is 11.7 Å². The molecule has 21 heavy (non-hydrogen) atoms. The summed E-state index contributed by atoms with van der Waals surface area (Å²) < 4.78 is 6.07. The number of carbonyl (C=O) groups excluding carboxylic acids is 1. The molecule has 0 aliphatic heterocycles. The second kappa shape index (κ2) is 5.74. The maximum absolute atomic E-state index is 12.5. The third-order valence-corrected chi connectivity index (χ3v) is 3.01. The van der Waals surface area contributed by atoms with E-state index in [1.165, 1.54) is 7.11 Å². The van der Waals surface area contributed by atoms with E-state index in [4.69, 9.17) is 4.74 Å². The molecule has 7 heteroatoms. The number of hydrogen-bond acceptors (Lipinski definition) is 5. The van der Waals surface area contributed by atoms with Gasteiger partial charge in [-0.2, -0.15) is 0 Å². The summed E-state index contributed by atoms with van der Waals surface area (Å²) in [4.78, 5) is 27.0. The van der Waals surface area contributed by atoms with Crippen molar-refractivity contribution < 1.29 is 14.5 Å². The lowest BCUT2D eigenvalue weighted by Crippen LogP contribution is -2.18. The van der Waals surface area contributed by atoms with Crippen molar-refractivity contribution in [2.24, 2.45) is 0 Å². The van der Waals surface area contributed by atoms with Gasteiger partial charge in [-0.25, -0.2) is 9.78 Å². The summed E-state index contributed by atoms with van der Waals surface area (Å²) >= 11 is 0. The summed E-state index contributed by atoms with van der Waals surface area (Å²) in [6.45, 7) is 3.65. The van der Waals surface area contributed by atoms with E-state index in [9.17, 15) is 14.9 Å². The Bertz CT molecular complexity index is 674. The SMILES string of the molecule is COc1ccc(C(=O)n2c([N+](=O)[O-])cnc2C(C)C)cc1. The van der Waals surface area contributed by atoms with Crippen molar-refractivity contribution in [3.63, 3.8) is 0 Å². The minimum absolute atomic E-state index is 0.110. The molecule has 0 fully saturated rings. The number of ether oxygens (including phenoxy) is 1. The van der Waals surface area contributed by atoms with Crippen LogP contribution in [0.1, 0.15) is 35.9 Å². The van der Waals surface area contributed by atoms with E-state index in [1.807, 2.05) is 13.8 Å². The molecular weight excluding hydrogens is 274 g/mol. The zero-order valence-electron chi connectivity index (χ0n) is 11.9. The molecule has 0 unspecified atom stereocenters. The number of hydrogen-bond donors (Lipinski definition) is 0. The fourth-order valence-electron chi connectivity index (χ4n) is 1.96. The van der Waals surface area contributed by atoms with Crippen LogP contribution in [0.25, 0.3) is 0 Å². The molecule has 2 rings (SSSR count). The van der Waals surface area contributed by atoms with Crippen molar-refractivity contribution in [1.29, 1.82) is 0 Å². The van der Waals surface area contributed by atoms with Crippen molar-refractivity contribution in [2.75, 3.05) is 7.11 Å². The van der Waals surface area contributed by atoms with E-state index < -0.39 is 10.8 Å². The third kappa shape index (κ3) is 2.76. The van der Waals surface area contributed by atoms with Crippen molar-refractivity contribution in [1.82, 2.24) is 9.55 Å². The lowest BCUT2D eigenvalue weighted by atomic mass is 10.1. The molecule has 0 spiro atoms. The molecule has 0 N–H and O–H groups in total. The Hall–Kier alpha value is -2.70. The molecule has 0 radical (unpaired) electrons. The Morgan fingerprint density at radius 3 is 2.43 bits per heavy atom. The predicted molar refractivity (Wildman–Crippen MR) is 75.7 cm³/mol. The fraction of sp³-hybridized carbons (Fsp3) is 0.286. The molecule has 110 valence electrons. The Balaban J connectivity index is 2.50. The predicted octanol–water partition coefficient (Wildman–Crippen LogP) is 2.61. The second-order valence-electron chi connectivity index (χ2n) is 4.76. The topological polar surface area (TPSA) is 87.3 Å². The number of aromatic nitrogens is 2. The number of imidazole rings is 1. The maximum atomic E-state index is 12.5. The van der Waals surface area contributed by atoms with E-state index >= 15 is 0 Å². The van der Waals surface area contributed by atoms with Gasteiger partial charge in [-0.3, -0.25) is 0 Å². The Kier molecular flexibility index (Phi) is 4.02. The number of carbonyl (C=O) groups is 1. The first-order valence-corrected chi connectivity index (χ1v) is 6.36. The van der Waals surface area contributed by atoms with E-state index in [0.29, 0.717) is 17.1 Å². The molecule has 7 nitrogen and oxygen atoms in total. The first kappa shape index (κ1) is 14.7. The van der Waals surface area contributed by atoms with Crippen molar-refractivity contribution in [3.05, 3.63) is 52.0 Å². The van der Waals surface area contributed by atoms with E-state index in [1.54, 1.807) is 24.3 Å². The summed E-state index contributed by atoms with van der Waals surface area (Å²) in [5.74, 6) is 0.0456. The van der Waals surface area contributed by atoms with Crippen LogP contribution in [0.3, 0.4) is 0 Å². The van der Waals surface area contributed by atoms with Crippen molar-refractivity contribution in [2.45, 2.75) is 19.8 Å². The Morgan fingerprint density at radius 1 is 1.33 bits per heavy atom. The van der Waals surface area contributed by atoms with Crippen LogP contribution in [0.15, 0.2) is 30.5 Å². The summed E-state index contributed by atoms with van der Waals surface area (Å²) in [6.07, 6.45) is 1.11. The average Bonchev–Trinajstić information content (AvgIpc) is 2.91. The highest BCUT2D eigenvalue weighted by Gasteiger charge is 2.29. The summed E-state index contributed by atoms with van der Waals surface area (Å²) in [7, 11) is 1.52. The van der Waals surface area contributed by atoms with Gasteiger partial charge in [0.1, 0.15) is 11.9 Å². The second-order valence-corrected chi connectivity index (χ2v) is 4.76. The summed E-state index contributed by atoms with van der Waals surface area (Å²) in [5.41, 5.74) is 0.332. The van der Waals surface area contributed by atoms with Gasteiger partial charge < -0.3 is 14.9 Å². The molecule has 0 saturated carbocycles. The third-order valence-electron chi connectivity index (χ3n) is 3.01. The van der Waals surface area contributed by atoms with Crippen LogP contribution < -0.4 is 4.74 Å². The van der Waals surface area contributed by atoms with Gasteiger partial charge in [0.15, 0.2) is 0 Å². The zero-order valence-corrected chi connectivity index (χ0v) is 11.9. The number of benzene rings is 1. The molecule has 1 aromatic carbocycles. The van der Waals surface area contributed by atoms with Gasteiger partial charge in [-0.15, -0.1) is 4.57 Å². The lowest BCUT2D eigenvalue weighted by molar-refractivity contribution is -0.390. The molecule has 0 aliphatic rings. The minimum Gasteiger partial charge on any atom is -0.497 e. The minimum atomic E-state index is -0.611. The van der Waals surface area contributed by atoms with Gasteiger partial charge in [-0.05, 0) is 29.2 Å². The largest absolute Gasteiger partial charge is 0.497 e. The number of rotatable bonds is 4. The first-order valence-electron chi connectivity index (χ1n) is 6.36. The van der Waals surface area contributed by atoms with Crippen molar-refractivity contribution in [3.8, 4) is 5.75 Å². The Labute approximate surface area is 121 Å². The van der Waals surface area contributed by atoms with E-state index in [2.05, 4.69) is 4.98 Å². The van der Waals surface area contributed by atoms with Gasteiger partial charge in [0.05, 0.1) is 12.7 Å². The lowest BCUT2D eigenvalue weighted by Gasteiger charge is -2.06. The first-order chi connectivity index (χ1) is 9.95. The molecule has 0 saturated heterocycles. The standard InChI is InChI=1S/C14H15N3O4/c1-9(2)13-15-8-12(17(19)20)16(13)14(18)10-4-6-11(21-3)7-5-10/h4-9H,1-3H3. The molecular formula is C14H15N3O4. The molecule has 1 heterocycles. The molecule has 0 aliphatic carbocycles. The van der Waals surface area contributed by atoms with Crippen LogP contribution in [0.5, 0.6) is 5.75 Å². The normalized spacial score (nSPS) is 10.7. The van der Waals surface area contributed by atoms with Crippen LogP contribution in [-0.2, 0) is 0 Å². The average molecular weight is 289 g/mol. The maximum Gasteiger partial charge on any atom is 0.350 e. The highest BCUT2D eigenvalue weighted by Crippen LogP contribution is 2.23. The van der Waals surface area contributed by atoms with Gasteiger partial charge in [0, 0.05) is 5.92 Å². The van der Waals surface area contributed by atoms with Crippen LogP contribution in [0.4, 0.5) is 5.82 Å². The van der Waals surface area contributed by atoms with Crippen LogP contribution in [-0.4, -0.2) is 27.5 Å². The smallest absolute Gasteiger partial charge is 0.350 e. The summed E-state index contributed by atoms with van der Waals surface area (Å²) in [6, 6.07) is 6.39. The Morgan fingerprint density at radius 2 is 1.95 bits per heavy atom. The number of methoxy groups -OCH3 is 1.